The highest BCUT2D eigenvalue weighted by Gasteiger charge is 2.47. The average molecular weight is 408 g/mol. The van der Waals surface area contributed by atoms with Crippen LogP contribution in [0.3, 0.4) is 0 Å². The Balaban J connectivity index is 1.59. The first kappa shape index (κ1) is 19.8. The molecule has 2 aromatic carbocycles. The molecule has 3 nitrogen and oxygen atoms in total. The van der Waals surface area contributed by atoms with Crippen molar-refractivity contribution in [2.75, 3.05) is 5.75 Å². The third kappa shape index (κ3) is 3.94. The maximum absolute atomic E-state index is 15.2. The van der Waals surface area contributed by atoms with E-state index in [1.807, 2.05) is 6.92 Å². The molecule has 1 aliphatic carbocycles. The molecule has 0 spiro atoms. The minimum absolute atomic E-state index is 0.0143. The van der Waals surface area contributed by atoms with Gasteiger partial charge in [-0.3, -0.25) is 0 Å². The van der Waals surface area contributed by atoms with Crippen molar-refractivity contribution in [2.24, 2.45) is 5.92 Å². The van der Waals surface area contributed by atoms with E-state index in [0.29, 0.717) is 29.7 Å². The Bertz CT molecular complexity index is 839. The molecule has 0 aromatic heterocycles. The van der Waals surface area contributed by atoms with Crippen molar-refractivity contribution >= 4 is 11.4 Å². The van der Waals surface area contributed by atoms with Gasteiger partial charge in [0.2, 0.25) is 0 Å². The van der Waals surface area contributed by atoms with Crippen LogP contribution < -0.4 is 10.0 Å². The Labute approximate surface area is 166 Å². The Hall–Kier alpha value is -1.54. The number of rotatable bonds is 6. The summed E-state index contributed by atoms with van der Waals surface area (Å²) in [6.45, 7) is 1.86. The van der Waals surface area contributed by atoms with Crippen LogP contribution >= 0.6 is 0 Å². The summed E-state index contributed by atoms with van der Waals surface area (Å²) < 4.78 is 57.5. The summed E-state index contributed by atoms with van der Waals surface area (Å²) in [5.41, 5.74) is 0.839. The zero-order valence-electron chi connectivity index (χ0n) is 15.6. The Morgan fingerprint density at radius 3 is 2.54 bits per heavy atom. The van der Waals surface area contributed by atoms with Crippen molar-refractivity contribution in [1.29, 1.82) is 0 Å². The van der Waals surface area contributed by atoms with Crippen LogP contribution in [0.2, 0.25) is 0 Å². The topological polar surface area (TPSA) is 47.1 Å². The van der Waals surface area contributed by atoms with E-state index in [4.69, 9.17) is 0 Å². The van der Waals surface area contributed by atoms with Crippen molar-refractivity contribution in [3.8, 4) is 11.1 Å². The molecule has 2 bridgehead atoms. The minimum atomic E-state index is -1.11. The molecule has 2 aromatic rings. The smallest absolute Gasteiger partial charge is 0.134 e. The molecule has 150 valence electrons. The molecule has 1 saturated carbocycles. The van der Waals surface area contributed by atoms with Crippen LogP contribution in [-0.2, 0) is 17.8 Å². The Morgan fingerprint density at radius 2 is 1.86 bits per heavy atom. The lowest BCUT2D eigenvalue weighted by Crippen LogP contribution is -2.68. The fourth-order valence-corrected chi connectivity index (χ4v) is 5.16. The van der Waals surface area contributed by atoms with Crippen molar-refractivity contribution < 1.29 is 17.7 Å². The third-order valence-electron chi connectivity index (χ3n) is 5.79. The zero-order chi connectivity index (χ0) is 19.8. The van der Waals surface area contributed by atoms with Crippen LogP contribution in [0.1, 0.15) is 25.3 Å². The van der Waals surface area contributed by atoms with E-state index < -0.39 is 28.8 Å². The van der Waals surface area contributed by atoms with Crippen LogP contribution in [0.5, 0.6) is 0 Å². The summed E-state index contributed by atoms with van der Waals surface area (Å²) in [6, 6.07) is 8.36. The van der Waals surface area contributed by atoms with Crippen molar-refractivity contribution in [3.05, 3.63) is 59.4 Å². The molecule has 2 N–H and O–H groups in total. The van der Waals surface area contributed by atoms with E-state index >= 15 is 4.39 Å². The number of piperidine rings is 2. The molecule has 2 saturated heterocycles. The van der Waals surface area contributed by atoms with Gasteiger partial charge in [-0.2, -0.15) is 0 Å². The van der Waals surface area contributed by atoms with Gasteiger partial charge in [0, 0.05) is 35.1 Å². The number of benzene rings is 2. The lowest BCUT2D eigenvalue weighted by Gasteiger charge is -2.51. The second-order valence-electron chi connectivity index (χ2n) is 7.62. The highest BCUT2D eigenvalue weighted by molar-refractivity contribution is 7.89. The zero-order valence-corrected chi connectivity index (χ0v) is 16.4. The minimum Gasteiger partial charge on any atom is -0.598 e. The first-order valence-corrected chi connectivity index (χ1v) is 10.9. The Morgan fingerprint density at radius 1 is 1.14 bits per heavy atom. The van der Waals surface area contributed by atoms with Crippen molar-refractivity contribution in [3.63, 3.8) is 0 Å². The predicted molar refractivity (Wildman–Crippen MR) is 104 cm³/mol. The number of nitrogens with one attached hydrogen (secondary N) is 2. The lowest BCUT2D eigenvalue weighted by molar-refractivity contribution is 0.0809. The van der Waals surface area contributed by atoms with Gasteiger partial charge in [0.15, 0.2) is 0 Å². The highest BCUT2D eigenvalue weighted by atomic mass is 32.2. The van der Waals surface area contributed by atoms with E-state index in [2.05, 4.69) is 10.0 Å². The molecule has 3 atom stereocenters. The summed E-state index contributed by atoms with van der Waals surface area (Å²) in [6.07, 6.45) is 2.50. The summed E-state index contributed by atoms with van der Waals surface area (Å²) in [5, 5.41) is 3.53. The average Bonchev–Trinajstić information content (AvgIpc) is 2.62. The summed E-state index contributed by atoms with van der Waals surface area (Å²) >= 11 is -1.11. The normalized spacial score (nSPS) is 27.3. The molecule has 5 rings (SSSR count). The van der Waals surface area contributed by atoms with Crippen LogP contribution in [-0.4, -0.2) is 28.4 Å². The third-order valence-corrected chi connectivity index (χ3v) is 6.85. The Kier molecular flexibility index (Phi) is 5.69. The lowest BCUT2D eigenvalue weighted by atomic mass is 9.68. The van der Waals surface area contributed by atoms with Gasteiger partial charge in [-0.25, -0.2) is 13.2 Å². The highest BCUT2D eigenvalue weighted by Crippen LogP contribution is 2.38. The number of halogens is 3. The molecular formula is C21H23F3N2OS. The molecule has 7 heteroatoms. The van der Waals surface area contributed by atoms with Gasteiger partial charge in [0.25, 0.3) is 0 Å². The number of hydrogen-bond acceptors (Lipinski definition) is 3. The SMILES string of the molecule is CC[S+]([O-])NC1C2CC(C2)NC1Cc1cccc(-c2cc(F)cc(F)c2)c1F. The molecule has 2 heterocycles. The predicted octanol–water partition coefficient (Wildman–Crippen LogP) is 3.71. The first-order valence-electron chi connectivity index (χ1n) is 9.59. The molecule has 0 radical (unpaired) electrons. The van der Waals surface area contributed by atoms with Crippen LogP contribution in [0, 0.1) is 23.4 Å². The molecule has 3 aliphatic rings. The number of fused-ring (bicyclic) bond motifs is 2. The quantitative estimate of drug-likeness (QED) is 0.717. The van der Waals surface area contributed by atoms with Crippen molar-refractivity contribution in [1.82, 2.24) is 10.0 Å². The van der Waals surface area contributed by atoms with Gasteiger partial charge in [-0.15, -0.1) is 4.72 Å². The molecule has 3 unspecified atom stereocenters. The van der Waals surface area contributed by atoms with E-state index in [0.717, 1.165) is 31.0 Å². The number of hydrogen-bond donors (Lipinski definition) is 2. The molecule has 28 heavy (non-hydrogen) atoms. The largest absolute Gasteiger partial charge is 0.598 e. The second-order valence-corrected chi connectivity index (χ2v) is 9.12. The van der Waals surface area contributed by atoms with Crippen LogP contribution in [0.25, 0.3) is 11.1 Å². The molecular weight excluding hydrogens is 385 g/mol. The van der Waals surface area contributed by atoms with Gasteiger partial charge in [0.1, 0.15) is 23.2 Å². The summed E-state index contributed by atoms with van der Waals surface area (Å²) in [7, 11) is 0. The molecule has 2 aliphatic heterocycles. The van der Waals surface area contributed by atoms with Gasteiger partial charge in [-0.05, 0) is 55.4 Å². The van der Waals surface area contributed by atoms with Crippen LogP contribution in [0.4, 0.5) is 13.2 Å². The molecule has 3 fully saturated rings. The maximum Gasteiger partial charge on any atom is 0.134 e. The van der Waals surface area contributed by atoms with E-state index in [1.54, 1.807) is 12.1 Å². The van der Waals surface area contributed by atoms with Crippen molar-refractivity contribution in [2.45, 2.75) is 44.3 Å². The fraction of sp³-hybridized carbons (Fsp3) is 0.429. The van der Waals surface area contributed by atoms with Gasteiger partial charge < -0.3 is 9.87 Å². The molecule has 0 amide bonds. The fourth-order valence-electron chi connectivity index (χ4n) is 4.33. The van der Waals surface area contributed by atoms with Gasteiger partial charge in [0.05, 0.1) is 6.04 Å². The summed E-state index contributed by atoms with van der Waals surface area (Å²) in [4.78, 5) is 0. The first-order chi connectivity index (χ1) is 13.4. The van der Waals surface area contributed by atoms with E-state index in [-0.39, 0.29) is 23.2 Å². The van der Waals surface area contributed by atoms with Gasteiger partial charge >= 0.3 is 0 Å². The van der Waals surface area contributed by atoms with Gasteiger partial charge in [-0.1, -0.05) is 18.2 Å². The monoisotopic (exact) mass is 408 g/mol. The second kappa shape index (κ2) is 8.06. The standard InChI is InChI=1S/C21H23F3N2OS/c1-2-28(27)26-21-14-8-17(9-14)25-19(21)10-12-4-3-5-18(20(12)24)13-6-15(22)11-16(23)7-13/h3-7,11,14,17,19,21,25-26H,2,8-10H2,1H3. The van der Waals surface area contributed by atoms with E-state index in [1.165, 1.54) is 6.07 Å². The van der Waals surface area contributed by atoms with E-state index in [9.17, 15) is 13.3 Å². The van der Waals surface area contributed by atoms with Crippen LogP contribution in [0.15, 0.2) is 36.4 Å². The summed E-state index contributed by atoms with van der Waals surface area (Å²) in [5.74, 6) is -0.978. The maximum atomic E-state index is 15.2.